The molecular formula is C12H20O12. The summed E-state index contributed by atoms with van der Waals surface area (Å²) in [6, 6.07) is 0. The van der Waals surface area contributed by atoms with Crippen molar-refractivity contribution < 1.29 is 59.9 Å². The molecule has 2 rings (SSSR count). The normalized spacial score (nSPS) is 49.8. The van der Waals surface area contributed by atoms with Crippen LogP contribution in [0.5, 0.6) is 0 Å². The third-order valence-corrected chi connectivity index (χ3v) is 3.93. The second-order valence-electron chi connectivity index (χ2n) is 5.57. The summed E-state index contributed by atoms with van der Waals surface area (Å²) in [4.78, 5) is 11.0. The summed E-state index contributed by atoms with van der Waals surface area (Å²) in [7, 11) is 0. The molecule has 8 N–H and O–H groups in total. The molecule has 140 valence electrons. The van der Waals surface area contributed by atoms with Gasteiger partial charge in [0.25, 0.3) is 0 Å². The minimum absolute atomic E-state index is 0.724. The molecule has 24 heavy (non-hydrogen) atoms. The van der Waals surface area contributed by atoms with Crippen LogP contribution in [0, 0.1) is 0 Å². The smallest absolute Gasteiger partial charge is 0.335 e. The highest BCUT2D eigenvalue weighted by atomic mass is 16.8. The number of rotatable bonds is 4. The Kier molecular flexibility index (Phi) is 6.09. The van der Waals surface area contributed by atoms with Crippen molar-refractivity contribution in [2.24, 2.45) is 0 Å². The SMILES string of the molecule is O=C(O)[C@H]1O[C@H](O[C@H]2O[C@H](CO)[C@@H](O)[C@H](O)[C@H]2O)[C@H](O)[C@@H](O)[C@@H]1O. The predicted octanol–water partition coefficient (Wildman–Crippen LogP) is -5.30. The Morgan fingerprint density at radius 1 is 0.792 bits per heavy atom. The first-order valence-electron chi connectivity index (χ1n) is 7.07. The van der Waals surface area contributed by atoms with Crippen molar-refractivity contribution in [3.05, 3.63) is 0 Å². The molecule has 10 atom stereocenters. The fourth-order valence-electron chi connectivity index (χ4n) is 2.48. The summed E-state index contributed by atoms with van der Waals surface area (Å²) >= 11 is 0. The maximum absolute atomic E-state index is 11.0. The summed E-state index contributed by atoms with van der Waals surface area (Å²) in [5.41, 5.74) is 0. The van der Waals surface area contributed by atoms with E-state index in [1.54, 1.807) is 0 Å². The molecule has 0 radical (unpaired) electrons. The molecule has 0 aromatic carbocycles. The van der Waals surface area contributed by atoms with Gasteiger partial charge in [-0.1, -0.05) is 0 Å². The largest absolute Gasteiger partial charge is 0.479 e. The highest BCUT2D eigenvalue weighted by molar-refractivity contribution is 5.73. The molecule has 12 heteroatoms. The third kappa shape index (κ3) is 3.52. The predicted molar refractivity (Wildman–Crippen MR) is 69.2 cm³/mol. The Hall–Kier alpha value is -0.930. The molecule has 0 aromatic rings. The van der Waals surface area contributed by atoms with Crippen LogP contribution in [0.15, 0.2) is 0 Å². The van der Waals surface area contributed by atoms with E-state index in [-0.39, 0.29) is 0 Å². The molecule has 2 aliphatic heterocycles. The Labute approximate surface area is 135 Å². The molecule has 0 saturated carbocycles. The van der Waals surface area contributed by atoms with Crippen LogP contribution in [-0.2, 0) is 19.0 Å². The van der Waals surface area contributed by atoms with Crippen molar-refractivity contribution in [2.75, 3.05) is 6.61 Å². The number of carboxylic acids is 1. The highest BCUT2D eigenvalue weighted by Crippen LogP contribution is 2.28. The van der Waals surface area contributed by atoms with Crippen LogP contribution >= 0.6 is 0 Å². The van der Waals surface area contributed by atoms with E-state index >= 15 is 0 Å². The van der Waals surface area contributed by atoms with Crippen molar-refractivity contribution in [3.63, 3.8) is 0 Å². The van der Waals surface area contributed by atoms with Gasteiger partial charge in [0.05, 0.1) is 6.61 Å². The van der Waals surface area contributed by atoms with Crippen LogP contribution in [0.2, 0.25) is 0 Å². The number of aliphatic hydroxyl groups is 7. The number of carboxylic acid groups (broad SMARTS) is 1. The summed E-state index contributed by atoms with van der Waals surface area (Å²) in [5, 5.41) is 76.1. The lowest BCUT2D eigenvalue weighted by atomic mass is 9.98. The monoisotopic (exact) mass is 356 g/mol. The average molecular weight is 356 g/mol. The van der Waals surface area contributed by atoms with Crippen molar-refractivity contribution in [2.45, 2.75) is 61.4 Å². The number of hydrogen-bond acceptors (Lipinski definition) is 11. The van der Waals surface area contributed by atoms with Crippen molar-refractivity contribution in [1.82, 2.24) is 0 Å². The van der Waals surface area contributed by atoms with Crippen LogP contribution in [0.4, 0.5) is 0 Å². The Balaban J connectivity index is 2.11. The lowest BCUT2D eigenvalue weighted by Gasteiger charge is -2.44. The molecule has 2 fully saturated rings. The van der Waals surface area contributed by atoms with Gasteiger partial charge in [0.2, 0.25) is 0 Å². The molecule has 0 unspecified atom stereocenters. The van der Waals surface area contributed by atoms with Crippen LogP contribution < -0.4 is 0 Å². The first kappa shape index (κ1) is 19.4. The number of aliphatic hydroxyl groups excluding tert-OH is 7. The molecule has 2 saturated heterocycles. The van der Waals surface area contributed by atoms with E-state index in [1.807, 2.05) is 0 Å². The van der Waals surface area contributed by atoms with Crippen LogP contribution in [0.1, 0.15) is 0 Å². The van der Waals surface area contributed by atoms with Crippen molar-refractivity contribution in [3.8, 4) is 0 Å². The standard InChI is InChI=1S/C12H20O12/c13-1-2-3(14)4(15)7(18)11(22-2)24-12-8(19)5(16)6(17)9(23-12)10(20)21/h2-9,11-19H,1H2,(H,20,21)/t2-,3-,4+,5+,6+,7-,8-,9+,11-,12-/m1/s1. The zero-order valence-corrected chi connectivity index (χ0v) is 12.2. The van der Waals surface area contributed by atoms with Crippen molar-refractivity contribution in [1.29, 1.82) is 0 Å². The molecule has 0 aromatic heterocycles. The maximum Gasteiger partial charge on any atom is 0.335 e. The lowest BCUT2D eigenvalue weighted by Crippen LogP contribution is -2.64. The zero-order chi connectivity index (χ0) is 18.2. The van der Waals surface area contributed by atoms with Crippen LogP contribution in [0.3, 0.4) is 0 Å². The Morgan fingerprint density at radius 2 is 1.29 bits per heavy atom. The van der Waals surface area contributed by atoms with Crippen molar-refractivity contribution >= 4 is 5.97 Å². The first-order chi connectivity index (χ1) is 11.2. The van der Waals surface area contributed by atoms with E-state index in [4.69, 9.17) is 24.4 Å². The van der Waals surface area contributed by atoms with Gasteiger partial charge in [-0.15, -0.1) is 0 Å². The first-order valence-corrected chi connectivity index (χ1v) is 7.07. The minimum Gasteiger partial charge on any atom is -0.479 e. The summed E-state index contributed by atoms with van der Waals surface area (Å²) in [6.45, 7) is -0.724. The molecular weight excluding hydrogens is 336 g/mol. The topological polar surface area (TPSA) is 207 Å². The van der Waals surface area contributed by atoms with Gasteiger partial charge in [-0.3, -0.25) is 0 Å². The number of hydrogen-bond donors (Lipinski definition) is 8. The molecule has 2 heterocycles. The fourth-order valence-corrected chi connectivity index (χ4v) is 2.48. The number of ether oxygens (including phenoxy) is 3. The second-order valence-corrected chi connectivity index (χ2v) is 5.57. The fraction of sp³-hybridized carbons (Fsp3) is 0.917. The number of aliphatic carboxylic acids is 1. The van der Waals surface area contributed by atoms with Crippen LogP contribution in [-0.4, -0.2) is 115 Å². The van der Waals surface area contributed by atoms with E-state index in [2.05, 4.69) is 0 Å². The van der Waals surface area contributed by atoms with Gasteiger partial charge in [-0.2, -0.15) is 0 Å². The van der Waals surface area contributed by atoms with Gasteiger partial charge in [-0.25, -0.2) is 4.79 Å². The van der Waals surface area contributed by atoms with Gasteiger partial charge in [0.15, 0.2) is 18.7 Å². The second kappa shape index (κ2) is 7.53. The summed E-state index contributed by atoms with van der Waals surface area (Å²) in [6.07, 6.45) is -17.7. The molecule has 0 bridgehead atoms. The zero-order valence-electron chi connectivity index (χ0n) is 12.2. The van der Waals surface area contributed by atoms with Gasteiger partial charge in [0, 0.05) is 0 Å². The van der Waals surface area contributed by atoms with E-state index in [0.29, 0.717) is 0 Å². The quantitative estimate of drug-likeness (QED) is 0.238. The molecule has 0 amide bonds. The van der Waals surface area contributed by atoms with E-state index in [9.17, 15) is 35.4 Å². The summed E-state index contributed by atoms with van der Waals surface area (Å²) in [5.74, 6) is -1.63. The van der Waals surface area contributed by atoms with Crippen LogP contribution in [0.25, 0.3) is 0 Å². The molecule has 2 aliphatic rings. The van der Waals surface area contributed by atoms with Gasteiger partial charge in [0.1, 0.15) is 42.7 Å². The highest BCUT2D eigenvalue weighted by Gasteiger charge is 2.51. The van der Waals surface area contributed by atoms with E-state index in [0.717, 1.165) is 0 Å². The van der Waals surface area contributed by atoms with Gasteiger partial charge >= 0.3 is 5.97 Å². The minimum atomic E-state index is -1.92. The van der Waals surface area contributed by atoms with Gasteiger partial charge in [-0.05, 0) is 0 Å². The molecule has 12 nitrogen and oxygen atoms in total. The maximum atomic E-state index is 11.0. The number of carbonyl (C=O) groups is 1. The van der Waals surface area contributed by atoms with Gasteiger partial charge < -0.3 is 55.1 Å². The Morgan fingerprint density at radius 3 is 1.79 bits per heavy atom. The Bertz CT molecular complexity index is 444. The van der Waals surface area contributed by atoms with E-state index in [1.165, 1.54) is 0 Å². The lowest BCUT2D eigenvalue weighted by molar-refractivity contribution is -0.372. The van der Waals surface area contributed by atoms with E-state index < -0.39 is 74.0 Å². The summed E-state index contributed by atoms with van der Waals surface area (Å²) < 4.78 is 14.9. The third-order valence-electron chi connectivity index (χ3n) is 3.93. The molecule has 0 aliphatic carbocycles. The molecule has 0 spiro atoms. The average Bonchev–Trinajstić information content (AvgIpc) is 2.55.